The zero-order valence-electron chi connectivity index (χ0n) is 9.95. The van der Waals surface area contributed by atoms with Gasteiger partial charge in [-0.05, 0) is 48.0 Å². The van der Waals surface area contributed by atoms with Crippen molar-refractivity contribution in [1.82, 2.24) is 10.2 Å². The van der Waals surface area contributed by atoms with Gasteiger partial charge < -0.3 is 10.2 Å². The molecule has 1 fully saturated rings. The van der Waals surface area contributed by atoms with Gasteiger partial charge in [-0.15, -0.1) is 0 Å². The molecule has 0 bridgehead atoms. The highest BCUT2D eigenvalue weighted by atomic mass is 79.9. The Kier molecular flexibility index (Phi) is 4.18. The van der Waals surface area contributed by atoms with Crippen LogP contribution in [0.4, 0.5) is 0 Å². The van der Waals surface area contributed by atoms with Crippen LogP contribution in [0.25, 0.3) is 0 Å². The zero-order chi connectivity index (χ0) is 12.3. The minimum absolute atomic E-state index is 0.119. The molecular weight excluding hydrogens is 280 g/mol. The highest BCUT2D eigenvalue weighted by Crippen LogP contribution is 2.19. The van der Waals surface area contributed by atoms with E-state index in [1.165, 1.54) is 0 Å². The Hall–Kier alpha value is -0.870. The molecule has 17 heavy (non-hydrogen) atoms. The lowest BCUT2D eigenvalue weighted by Crippen LogP contribution is -2.41. The Morgan fingerprint density at radius 3 is 3.00 bits per heavy atom. The summed E-state index contributed by atoms with van der Waals surface area (Å²) in [4.78, 5) is 14.4. The monoisotopic (exact) mass is 296 g/mol. The molecule has 0 spiro atoms. The second kappa shape index (κ2) is 5.65. The molecule has 0 saturated carbocycles. The van der Waals surface area contributed by atoms with Gasteiger partial charge in [-0.3, -0.25) is 4.79 Å². The molecule has 0 aromatic heterocycles. The van der Waals surface area contributed by atoms with E-state index in [4.69, 9.17) is 0 Å². The number of nitrogens with zero attached hydrogens (tertiary/aromatic N) is 1. The number of halogens is 1. The molecule has 1 saturated heterocycles. The lowest BCUT2D eigenvalue weighted by molar-refractivity contribution is 0.0706. The summed E-state index contributed by atoms with van der Waals surface area (Å²) < 4.78 is 0.870. The number of rotatable bonds is 1. The molecule has 92 valence electrons. The first-order valence-corrected chi connectivity index (χ1v) is 6.75. The van der Waals surface area contributed by atoms with Gasteiger partial charge in [0.05, 0.1) is 5.56 Å². The van der Waals surface area contributed by atoms with Crippen LogP contribution in [0.1, 0.15) is 23.7 Å². The van der Waals surface area contributed by atoms with Crippen LogP contribution in [0.5, 0.6) is 0 Å². The largest absolute Gasteiger partial charge is 0.335 e. The van der Waals surface area contributed by atoms with E-state index in [1.54, 1.807) is 0 Å². The van der Waals surface area contributed by atoms with Crippen molar-refractivity contribution in [2.75, 3.05) is 19.6 Å². The molecule has 1 aliphatic heterocycles. The summed E-state index contributed by atoms with van der Waals surface area (Å²) in [5.74, 6) is 0.119. The Morgan fingerprint density at radius 1 is 1.47 bits per heavy atom. The zero-order valence-corrected chi connectivity index (χ0v) is 11.5. The SMILES string of the molecule is CC1CNCCCN1C(=O)c1ccccc1Br. The number of hydrogen-bond acceptors (Lipinski definition) is 2. The summed E-state index contributed by atoms with van der Waals surface area (Å²) in [5.41, 5.74) is 0.751. The lowest BCUT2D eigenvalue weighted by Gasteiger charge is -2.27. The molecule has 4 heteroatoms. The number of amides is 1. The van der Waals surface area contributed by atoms with Crippen molar-refractivity contribution in [3.8, 4) is 0 Å². The Labute approximate surface area is 110 Å². The number of carbonyl (C=O) groups is 1. The van der Waals surface area contributed by atoms with Crippen LogP contribution < -0.4 is 5.32 Å². The molecule has 1 aliphatic rings. The first kappa shape index (κ1) is 12.6. The quantitative estimate of drug-likeness (QED) is 0.862. The van der Waals surface area contributed by atoms with Gasteiger partial charge >= 0.3 is 0 Å². The maximum Gasteiger partial charge on any atom is 0.255 e. The minimum atomic E-state index is 0.119. The van der Waals surface area contributed by atoms with E-state index in [0.717, 1.165) is 36.1 Å². The molecule has 2 rings (SSSR count). The fourth-order valence-corrected chi connectivity index (χ4v) is 2.56. The highest BCUT2D eigenvalue weighted by Gasteiger charge is 2.23. The van der Waals surface area contributed by atoms with Crippen LogP contribution >= 0.6 is 15.9 Å². The molecule has 1 aromatic carbocycles. The second-order valence-corrected chi connectivity index (χ2v) is 5.24. The van der Waals surface area contributed by atoms with E-state index in [1.807, 2.05) is 29.2 Å². The average molecular weight is 297 g/mol. The van der Waals surface area contributed by atoms with E-state index < -0.39 is 0 Å². The Balaban J connectivity index is 2.21. The normalized spacial score (nSPS) is 21.1. The first-order valence-electron chi connectivity index (χ1n) is 5.96. The van der Waals surface area contributed by atoms with Crippen molar-refractivity contribution in [2.24, 2.45) is 0 Å². The molecule has 1 amide bonds. The van der Waals surface area contributed by atoms with E-state index in [0.29, 0.717) is 0 Å². The first-order chi connectivity index (χ1) is 8.20. The smallest absolute Gasteiger partial charge is 0.255 e. The second-order valence-electron chi connectivity index (χ2n) is 4.39. The van der Waals surface area contributed by atoms with Gasteiger partial charge in [-0.1, -0.05) is 12.1 Å². The number of nitrogens with one attached hydrogen (secondary N) is 1. The van der Waals surface area contributed by atoms with Crippen LogP contribution in [0.3, 0.4) is 0 Å². The van der Waals surface area contributed by atoms with E-state index in [9.17, 15) is 4.79 Å². The minimum Gasteiger partial charge on any atom is -0.335 e. The third kappa shape index (κ3) is 2.87. The van der Waals surface area contributed by atoms with Crippen LogP contribution in [0.2, 0.25) is 0 Å². The predicted octanol–water partition coefficient (Wildman–Crippen LogP) is 2.27. The fourth-order valence-electron chi connectivity index (χ4n) is 2.11. The molecule has 0 radical (unpaired) electrons. The molecule has 1 unspecified atom stereocenters. The summed E-state index contributed by atoms with van der Waals surface area (Å²) in [6, 6.07) is 7.86. The Bertz CT molecular complexity index is 408. The maximum atomic E-state index is 12.5. The molecule has 1 heterocycles. The number of benzene rings is 1. The summed E-state index contributed by atoms with van der Waals surface area (Å²) in [6.07, 6.45) is 1.01. The van der Waals surface area contributed by atoms with E-state index >= 15 is 0 Å². The van der Waals surface area contributed by atoms with Gasteiger partial charge in [-0.25, -0.2) is 0 Å². The van der Waals surface area contributed by atoms with Crippen molar-refractivity contribution < 1.29 is 4.79 Å². The third-order valence-electron chi connectivity index (χ3n) is 3.09. The van der Waals surface area contributed by atoms with Gasteiger partial charge in [0, 0.05) is 23.6 Å². The van der Waals surface area contributed by atoms with Crippen molar-refractivity contribution in [3.05, 3.63) is 34.3 Å². The van der Waals surface area contributed by atoms with Gasteiger partial charge in [0.25, 0.3) is 5.91 Å². The summed E-state index contributed by atoms with van der Waals surface area (Å²) >= 11 is 3.44. The van der Waals surface area contributed by atoms with Gasteiger partial charge in [0.1, 0.15) is 0 Å². The van der Waals surface area contributed by atoms with Crippen LogP contribution in [0.15, 0.2) is 28.7 Å². The molecule has 1 N–H and O–H groups in total. The van der Waals surface area contributed by atoms with Crippen LogP contribution in [-0.2, 0) is 0 Å². The summed E-state index contributed by atoms with van der Waals surface area (Å²) in [5, 5.41) is 3.34. The molecule has 0 aliphatic carbocycles. The standard InChI is InChI=1S/C13H17BrN2O/c1-10-9-15-7-4-8-16(10)13(17)11-5-2-3-6-12(11)14/h2-3,5-6,10,15H,4,7-9H2,1H3. The van der Waals surface area contributed by atoms with E-state index in [2.05, 4.69) is 28.2 Å². The van der Waals surface area contributed by atoms with E-state index in [-0.39, 0.29) is 11.9 Å². The summed E-state index contributed by atoms with van der Waals surface area (Å²) in [6.45, 7) is 4.78. The molecule has 1 aromatic rings. The topological polar surface area (TPSA) is 32.3 Å². The molecule has 1 atom stereocenters. The van der Waals surface area contributed by atoms with Gasteiger partial charge in [0.2, 0.25) is 0 Å². The third-order valence-corrected chi connectivity index (χ3v) is 3.78. The lowest BCUT2D eigenvalue weighted by atomic mass is 10.1. The number of carbonyl (C=O) groups excluding carboxylic acids is 1. The predicted molar refractivity (Wildman–Crippen MR) is 72.1 cm³/mol. The number of hydrogen-bond donors (Lipinski definition) is 1. The maximum absolute atomic E-state index is 12.5. The van der Waals surface area contributed by atoms with Crippen LogP contribution in [-0.4, -0.2) is 36.5 Å². The van der Waals surface area contributed by atoms with Gasteiger partial charge in [-0.2, -0.15) is 0 Å². The van der Waals surface area contributed by atoms with Crippen molar-refractivity contribution >= 4 is 21.8 Å². The fraction of sp³-hybridized carbons (Fsp3) is 0.462. The van der Waals surface area contributed by atoms with Crippen molar-refractivity contribution in [3.63, 3.8) is 0 Å². The summed E-state index contributed by atoms with van der Waals surface area (Å²) in [7, 11) is 0. The molecular formula is C13H17BrN2O. The average Bonchev–Trinajstić information content (AvgIpc) is 2.54. The van der Waals surface area contributed by atoms with Gasteiger partial charge in [0.15, 0.2) is 0 Å². The Morgan fingerprint density at radius 2 is 2.24 bits per heavy atom. The molecule has 3 nitrogen and oxygen atoms in total. The van der Waals surface area contributed by atoms with Crippen molar-refractivity contribution in [2.45, 2.75) is 19.4 Å². The van der Waals surface area contributed by atoms with Crippen molar-refractivity contribution in [1.29, 1.82) is 0 Å². The van der Waals surface area contributed by atoms with Crippen LogP contribution in [0, 0.1) is 0 Å². The highest BCUT2D eigenvalue weighted by molar-refractivity contribution is 9.10.